The summed E-state index contributed by atoms with van der Waals surface area (Å²) in [5.41, 5.74) is 4.10. The number of phenolic OH excluding ortho intramolecular Hbond substituents is 1. The number of hydrogen-bond acceptors (Lipinski definition) is 9. The topological polar surface area (TPSA) is 120 Å². The van der Waals surface area contributed by atoms with E-state index in [1.807, 2.05) is 30.3 Å². The van der Waals surface area contributed by atoms with Crippen molar-refractivity contribution in [1.82, 2.24) is 0 Å². The molecule has 1 N–H and O–H groups in total. The maximum absolute atomic E-state index is 15.0. The van der Waals surface area contributed by atoms with Gasteiger partial charge in [0.1, 0.15) is 0 Å². The Kier molecular flexibility index (Phi) is 8.11. The SMILES string of the molecule is O=C1C2CC=C3C(CC4C(=O)N(c5ccc(N6CCOCC6)cc5)C(=O)C4C3c3ccc(O)c(F)c3)C2C(=O)N1c1ccc(N2CCOCC2)cc1. The van der Waals surface area contributed by atoms with Crippen LogP contribution in [0.4, 0.5) is 27.1 Å². The van der Waals surface area contributed by atoms with Gasteiger partial charge in [0, 0.05) is 43.5 Å². The van der Waals surface area contributed by atoms with E-state index in [-0.39, 0.29) is 36.5 Å². The third kappa shape index (κ3) is 5.22. The van der Waals surface area contributed by atoms with E-state index in [0.717, 1.165) is 43.1 Å². The number of nitrogens with zero attached hydrogens (tertiary/aromatic N) is 4. The number of fused-ring (bicyclic) bond motifs is 4. The van der Waals surface area contributed by atoms with Crippen LogP contribution < -0.4 is 19.6 Å². The van der Waals surface area contributed by atoms with Crippen LogP contribution in [0.5, 0.6) is 5.75 Å². The van der Waals surface area contributed by atoms with Crippen LogP contribution in [-0.2, 0) is 28.7 Å². The highest BCUT2D eigenvalue weighted by Crippen LogP contribution is 2.58. The van der Waals surface area contributed by atoms with E-state index in [1.54, 1.807) is 30.3 Å². The molecule has 1 saturated carbocycles. The molecule has 6 atom stereocenters. The van der Waals surface area contributed by atoms with Gasteiger partial charge in [-0.25, -0.2) is 4.39 Å². The van der Waals surface area contributed by atoms with Crippen molar-refractivity contribution < 1.29 is 38.1 Å². The second-order valence-electron chi connectivity index (χ2n) is 14.5. The number of benzene rings is 3. The molecule has 9 rings (SSSR count). The molecule has 12 heteroatoms. The number of imide groups is 2. The van der Waals surface area contributed by atoms with Gasteiger partial charge in [0.05, 0.1) is 61.5 Å². The van der Waals surface area contributed by atoms with Gasteiger partial charge in [0.15, 0.2) is 11.6 Å². The Balaban J connectivity index is 1.05. The van der Waals surface area contributed by atoms with Crippen LogP contribution >= 0.6 is 0 Å². The van der Waals surface area contributed by atoms with Crippen LogP contribution in [0.3, 0.4) is 0 Å². The first-order valence-corrected chi connectivity index (χ1v) is 18.1. The molecular formula is C40H39FN4O7. The molecule has 6 aliphatic rings. The zero-order chi connectivity index (χ0) is 35.7. The molecule has 4 saturated heterocycles. The van der Waals surface area contributed by atoms with E-state index >= 15 is 0 Å². The monoisotopic (exact) mass is 706 g/mol. The highest BCUT2D eigenvalue weighted by Gasteiger charge is 2.62. The molecule has 4 aliphatic heterocycles. The van der Waals surface area contributed by atoms with Crippen molar-refractivity contribution in [3.63, 3.8) is 0 Å². The summed E-state index contributed by atoms with van der Waals surface area (Å²) < 4.78 is 25.9. The van der Waals surface area contributed by atoms with Crippen molar-refractivity contribution in [3.05, 3.63) is 89.8 Å². The minimum absolute atomic E-state index is 0.213. The zero-order valence-corrected chi connectivity index (χ0v) is 28.5. The summed E-state index contributed by atoms with van der Waals surface area (Å²) in [6.07, 6.45) is 2.43. The quantitative estimate of drug-likeness (QED) is 0.307. The highest BCUT2D eigenvalue weighted by atomic mass is 19.1. The van der Waals surface area contributed by atoms with Crippen molar-refractivity contribution >= 4 is 46.4 Å². The van der Waals surface area contributed by atoms with Gasteiger partial charge < -0.3 is 24.4 Å². The van der Waals surface area contributed by atoms with E-state index in [0.29, 0.717) is 43.4 Å². The first-order chi connectivity index (χ1) is 25.3. The van der Waals surface area contributed by atoms with Gasteiger partial charge in [-0.15, -0.1) is 0 Å². The number of amides is 4. The third-order valence-electron chi connectivity index (χ3n) is 11.9. The molecule has 2 aliphatic carbocycles. The average Bonchev–Trinajstić information content (AvgIpc) is 3.59. The molecule has 52 heavy (non-hydrogen) atoms. The molecule has 5 fully saturated rings. The molecule has 4 heterocycles. The standard InChI is InChI=1S/C40H39FN4O7/c41-32-21-23(1-12-33(32)46)34-28-10-11-29-35(39(49)44(37(29)47)26-6-2-24(3-7-26)42-13-17-51-18-14-42)30(28)22-31-36(34)40(50)45(38(31)48)27-8-4-25(5-9-27)43-15-19-52-20-16-43/h1-10,12,21,29-31,34-36,46H,11,13-20,22H2. The number of ether oxygens (including phenoxy) is 2. The predicted molar refractivity (Wildman–Crippen MR) is 190 cm³/mol. The van der Waals surface area contributed by atoms with E-state index in [4.69, 9.17) is 9.47 Å². The lowest BCUT2D eigenvalue weighted by Crippen LogP contribution is -2.43. The zero-order valence-electron chi connectivity index (χ0n) is 28.5. The number of allylic oxidation sites excluding steroid dienone is 2. The minimum Gasteiger partial charge on any atom is -0.505 e. The van der Waals surface area contributed by atoms with Gasteiger partial charge in [0.2, 0.25) is 23.6 Å². The molecule has 268 valence electrons. The molecular weight excluding hydrogens is 667 g/mol. The first-order valence-electron chi connectivity index (χ1n) is 18.1. The fourth-order valence-corrected chi connectivity index (χ4v) is 9.46. The number of anilines is 4. The van der Waals surface area contributed by atoms with Gasteiger partial charge in [-0.1, -0.05) is 17.7 Å². The van der Waals surface area contributed by atoms with Crippen molar-refractivity contribution in [2.45, 2.75) is 18.8 Å². The summed E-state index contributed by atoms with van der Waals surface area (Å²) in [6, 6.07) is 18.8. The Hall–Kier alpha value is -5.07. The molecule has 6 unspecified atom stereocenters. The average molecular weight is 707 g/mol. The van der Waals surface area contributed by atoms with Crippen LogP contribution in [0.2, 0.25) is 0 Å². The van der Waals surface area contributed by atoms with Crippen LogP contribution in [-0.4, -0.2) is 81.3 Å². The molecule has 3 aromatic carbocycles. The van der Waals surface area contributed by atoms with E-state index in [2.05, 4.69) is 9.80 Å². The first kappa shape index (κ1) is 32.8. The minimum atomic E-state index is -0.842. The normalized spacial score (nSPS) is 28.9. The van der Waals surface area contributed by atoms with Crippen LogP contribution in [0, 0.1) is 35.4 Å². The Bertz CT molecular complexity index is 1970. The molecule has 4 amide bonds. The fraction of sp³-hybridized carbons (Fsp3) is 0.400. The molecule has 0 aromatic heterocycles. The summed E-state index contributed by atoms with van der Waals surface area (Å²) in [5.74, 6) is -6.95. The summed E-state index contributed by atoms with van der Waals surface area (Å²) in [5, 5.41) is 10.1. The summed E-state index contributed by atoms with van der Waals surface area (Å²) in [6.45, 7) is 5.52. The van der Waals surface area contributed by atoms with E-state index in [9.17, 15) is 28.7 Å². The van der Waals surface area contributed by atoms with Gasteiger partial charge >= 0.3 is 0 Å². The smallest absolute Gasteiger partial charge is 0.238 e. The predicted octanol–water partition coefficient (Wildman–Crippen LogP) is 4.25. The van der Waals surface area contributed by atoms with Crippen LogP contribution in [0.25, 0.3) is 0 Å². The Morgan fingerprint density at radius 2 is 1.10 bits per heavy atom. The summed E-state index contributed by atoms with van der Waals surface area (Å²) in [4.78, 5) is 64.1. The Morgan fingerprint density at radius 1 is 0.596 bits per heavy atom. The van der Waals surface area contributed by atoms with Gasteiger partial charge in [-0.2, -0.15) is 0 Å². The fourth-order valence-electron chi connectivity index (χ4n) is 9.46. The molecule has 11 nitrogen and oxygen atoms in total. The number of morpholine rings is 2. The Labute approximate surface area is 300 Å². The maximum atomic E-state index is 15.0. The van der Waals surface area contributed by atoms with Crippen molar-refractivity contribution in [1.29, 1.82) is 0 Å². The number of hydrogen-bond donors (Lipinski definition) is 1. The second kappa shape index (κ2) is 12.9. The lowest BCUT2D eigenvalue weighted by atomic mass is 9.57. The van der Waals surface area contributed by atoms with Crippen molar-refractivity contribution in [2.24, 2.45) is 29.6 Å². The molecule has 3 aromatic rings. The largest absolute Gasteiger partial charge is 0.505 e. The number of phenols is 1. The molecule has 0 spiro atoms. The summed E-state index contributed by atoms with van der Waals surface area (Å²) >= 11 is 0. The van der Waals surface area contributed by atoms with Crippen molar-refractivity contribution in [3.8, 4) is 5.75 Å². The lowest BCUT2D eigenvalue weighted by molar-refractivity contribution is -0.126. The number of carbonyl (C=O) groups is 4. The highest BCUT2D eigenvalue weighted by molar-refractivity contribution is 6.24. The van der Waals surface area contributed by atoms with E-state index < -0.39 is 47.1 Å². The third-order valence-corrected chi connectivity index (χ3v) is 11.9. The lowest BCUT2D eigenvalue weighted by Gasteiger charge is -2.44. The van der Waals surface area contributed by atoms with Crippen LogP contribution in [0.1, 0.15) is 24.3 Å². The van der Waals surface area contributed by atoms with Gasteiger partial charge in [-0.05, 0) is 85.0 Å². The van der Waals surface area contributed by atoms with Crippen molar-refractivity contribution in [2.75, 3.05) is 72.2 Å². The Morgan fingerprint density at radius 3 is 1.63 bits per heavy atom. The maximum Gasteiger partial charge on any atom is 0.238 e. The summed E-state index contributed by atoms with van der Waals surface area (Å²) in [7, 11) is 0. The number of rotatable bonds is 5. The van der Waals surface area contributed by atoms with Gasteiger partial charge in [-0.3, -0.25) is 29.0 Å². The molecule has 0 radical (unpaired) electrons. The molecule has 0 bridgehead atoms. The number of carbonyl (C=O) groups excluding carboxylic acids is 4. The second-order valence-corrected chi connectivity index (χ2v) is 14.5. The number of aromatic hydroxyl groups is 1. The van der Waals surface area contributed by atoms with E-state index in [1.165, 1.54) is 21.9 Å². The number of halogens is 1. The van der Waals surface area contributed by atoms with Gasteiger partial charge in [0.25, 0.3) is 0 Å². The van der Waals surface area contributed by atoms with Crippen LogP contribution in [0.15, 0.2) is 78.4 Å².